The summed E-state index contributed by atoms with van der Waals surface area (Å²) in [5, 5.41) is 4.58. The Morgan fingerprint density at radius 2 is 1.51 bits per heavy atom. The fourth-order valence-electron chi connectivity index (χ4n) is 3.76. The van der Waals surface area contributed by atoms with Crippen molar-refractivity contribution in [1.82, 2.24) is 10.2 Å². The van der Waals surface area contributed by atoms with Gasteiger partial charge in [0.25, 0.3) is 0 Å². The first-order valence-electron chi connectivity index (χ1n) is 11.9. The Hall–Kier alpha value is -2.18. The smallest absolute Gasteiger partial charge is 0.243 e. The summed E-state index contributed by atoms with van der Waals surface area (Å²) < 4.78 is 0. The first-order chi connectivity index (χ1) is 17.5. The molecule has 0 saturated heterocycles. The van der Waals surface area contributed by atoms with Crippen molar-refractivity contribution in [1.29, 1.82) is 0 Å². The molecule has 1 unspecified atom stereocenters. The van der Waals surface area contributed by atoms with E-state index in [1.807, 2.05) is 81.4 Å². The number of halogens is 3. The second-order valence-electron chi connectivity index (χ2n) is 9.83. The number of carbonyl (C=O) groups is 2. The molecule has 1 N–H and O–H groups in total. The van der Waals surface area contributed by atoms with Crippen LogP contribution in [0.1, 0.15) is 37.5 Å². The van der Waals surface area contributed by atoms with Crippen LogP contribution >= 0.6 is 46.6 Å². The first kappa shape index (κ1) is 29.4. The van der Waals surface area contributed by atoms with Crippen molar-refractivity contribution in [2.75, 3.05) is 5.75 Å². The molecule has 0 aliphatic heterocycles. The van der Waals surface area contributed by atoms with Crippen molar-refractivity contribution in [3.63, 3.8) is 0 Å². The lowest BCUT2D eigenvalue weighted by molar-refractivity contribution is -0.140. The molecule has 2 amide bonds. The predicted molar refractivity (Wildman–Crippen MR) is 156 cm³/mol. The average molecular weight is 578 g/mol. The van der Waals surface area contributed by atoms with E-state index in [4.69, 9.17) is 34.8 Å². The van der Waals surface area contributed by atoms with Gasteiger partial charge in [-0.15, -0.1) is 11.8 Å². The standard InChI is InChI=1S/C29H31Cl3N2O2S/c1-29(2,3)33-28(36)26(16-20-7-5-4-6-8-20)34(17-22-11-14-24(31)25(32)15-22)27(35)19-37-18-21-9-12-23(30)13-10-21/h4-15,26H,16-19H2,1-3H3,(H,33,36). The van der Waals surface area contributed by atoms with E-state index in [2.05, 4.69) is 5.32 Å². The SMILES string of the molecule is CC(C)(C)NC(=O)C(Cc1ccccc1)N(Cc1ccc(Cl)c(Cl)c1)C(=O)CSCc1ccc(Cl)cc1. The van der Waals surface area contributed by atoms with Crippen LogP contribution in [0.15, 0.2) is 72.8 Å². The van der Waals surface area contributed by atoms with Crippen LogP contribution < -0.4 is 5.32 Å². The van der Waals surface area contributed by atoms with E-state index in [-0.39, 0.29) is 24.1 Å². The van der Waals surface area contributed by atoms with Crippen LogP contribution in [0, 0.1) is 0 Å². The fourth-order valence-corrected chi connectivity index (χ4v) is 5.08. The average Bonchev–Trinajstić information content (AvgIpc) is 2.84. The van der Waals surface area contributed by atoms with Gasteiger partial charge in [-0.1, -0.05) is 83.3 Å². The second kappa shape index (κ2) is 13.6. The molecule has 3 aromatic carbocycles. The van der Waals surface area contributed by atoms with E-state index in [1.165, 1.54) is 11.8 Å². The third-order valence-electron chi connectivity index (χ3n) is 5.51. The van der Waals surface area contributed by atoms with Gasteiger partial charge in [-0.05, 0) is 61.7 Å². The molecule has 0 aliphatic rings. The summed E-state index contributed by atoms with van der Waals surface area (Å²) in [7, 11) is 0. The van der Waals surface area contributed by atoms with Crippen molar-refractivity contribution >= 4 is 58.4 Å². The Morgan fingerprint density at radius 1 is 0.865 bits per heavy atom. The monoisotopic (exact) mass is 576 g/mol. The zero-order valence-electron chi connectivity index (χ0n) is 21.1. The zero-order valence-corrected chi connectivity index (χ0v) is 24.2. The number of amides is 2. The van der Waals surface area contributed by atoms with Gasteiger partial charge in [0, 0.05) is 29.3 Å². The normalized spacial score (nSPS) is 12.2. The number of benzene rings is 3. The molecular weight excluding hydrogens is 547 g/mol. The van der Waals surface area contributed by atoms with Gasteiger partial charge in [-0.25, -0.2) is 0 Å². The molecule has 37 heavy (non-hydrogen) atoms. The van der Waals surface area contributed by atoms with Gasteiger partial charge in [0.1, 0.15) is 6.04 Å². The molecule has 196 valence electrons. The molecule has 8 heteroatoms. The first-order valence-corrected chi connectivity index (χ1v) is 14.2. The van der Waals surface area contributed by atoms with Crippen molar-refractivity contribution in [3.05, 3.63) is 105 Å². The molecule has 0 bridgehead atoms. The molecule has 0 fully saturated rings. The molecule has 0 aliphatic carbocycles. The molecular formula is C29H31Cl3N2O2S. The molecule has 3 aromatic rings. The summed E-state index contributed by atoms with van der Waals surface area (Å²) >= 11 is 19.9. The van der Waals surface area contributed by atoms with E-state index >= 15 is 0 Å². The maximum atomic E-state index is 13.7. The van der Waals surface area contributed by atoms with Crippen LogP contribution in [0.4, 0.5) is 0 Å². The Morgan fingerprint density at radius 3 is 2.14 bits per heavy atom. The van der Waals surface area contributed by atoms with E-state index in [9.17, 15) is 9.59 Å². The molecule has 0 heterocycles. The van der Waals surface area contributed by atoms with Gasteiger partial charge < -0.3 is 10.2 Å². The highest BCUT2D eigenvalue weighted by molar-refractivity contribution is 7.99. The lowest BCUT2D eigenvalue weighted by Gasteiger charge is -2.34. The Labute approximate surface area is 238 Å². The van der Waals surface area contributed by atoms with E-state index < -0.39 is 11.6 Å². The van der Waals surface area contributed by atoms with Crippen molar-refractivity contribution < 1.29 is 9.59 Å². The molecule has 0 radical (unpaired) electrons. The minimum atomic E-state index is -0.709. The van der Waals surface area contributed by atoms with Crippen LogP contribution in [0.2, 0.25) is 15.1 Å². The molecule has 0 aromatic heterocycles. The highest BCUT2D eigenvalue weighted by atomic mass is 35.5. The summed E-state index contributed by atoms with van der Waals surface area (Å²) in [4.78, 5) is 28.9. The van der Waals surface area contributed by atoms with E-state index in [0.29, 0.717) is 27.2 Å². The highest BCUT2D eigenvalue weighted by Crippen LogP contribution is 2.25. The molecule has 1 atom stereocenters. The largest absolute Gasteiger partial charge is 0.350 e. The van der Waals surface area contributed by atoms with Crippen LogP contribution in [-0.4, -0.2) is 34.0 Å². The molecule has 3 rings (SSSR count). The van der Waals surface area contributed by atoms with Crippen LogP contribution in [0.5, 0.6) is 0 Å². The van der Waals surface area contributed by atoms with Gasteiger partial charge in [0.15, 0.2) is 0 Å². The number of thioether (sulfide) groups is 1. The summed E-state index contributed by atoms with van der Waals surface area (Å²) in [5.41, 5.74) is 2.39. The van der Waals surface area contributed by atoms with Crippen molar-refractivity contribution in [2.24, 2.45) is 0 Å². The zero-order chi connectivity index (χ0) is 27.0. The topological polar surface area (TPSA) is 49.4 Å². The second-order valence-corrected chi connectivity index (χ2v) is 12.1. The fraction of sp³-hybridized carbons (Fsp3) is 0.310. The number of nitrogens with one attached hydrogen (secondary N) is 1. The molecule has 4 nitrogen and oxygen atoms in total. The number of nitrogens with zero attached hydrogens (tertiary/aromatic N) is 1. The van der Waals surface area contributed by atoms with Gasteiger partial charge in [-0.3, -0.25) is 9.59 Å². The minimum absolute atomic E-state index is 0.130. The Kier molecular flexibility index (Phi) is 10.8. The van der Waals surface area contributed by atoms with Gasteiger partial charge in [0.05, 0.1) is 15.8 Å². The maximum absolute atomic E-state index is 13.7. The number of rotatable bonds is 10. The third kappa shape index (κ3) is 9.57. The van der Waals surface area contributed by atoms with E-state index in [1.54, 1.807) is 17.0 Å². The Bertz CT molecular complexity index is 1200. The quantitative estimate of drug-likeness (QED) is 0.272. The summed E-state index contributed by atoms with van der Waals surface area (Å²) in [6.45, 7) is 6.01. The van der Waals surface area contributed by atoms with Crippen LogP contribution in [0.25, 0.3) is 0 Å². The summed E-state index contributed by atoms with van der Waals surface area (Å²) in [5.74, 6) is 0.543. The van der Waals surface area contributed by atoms with Crippen molar-refractivity contribution in [2.45, 2.75) is 51.1 Å². The third-order valence-corrected chi connectivity index (χ3v) is 7.49. The van der Waals surface area contributed by atoms with Crippen molar-refractivity contribution in [3.8, 4) is 0 Å². The lowest BCUT2D eigenvalue weighted by atomic mass is 10.0. The summed E-state index contributed by atoms with van der Waals surface area (Å²) in [6.07, 6.45) is 0.387. The van der Waals surface area contributed by atoms with Gasteiger partial charge >= 0.3 is 0 Å². The van der Waals surface area contributed by atoms with Crippen LogP contribution in [-0.2, 0) is 28.3 Å². The number of carbonyl (C=O) groups excluding carboxylic acids is 2. The predicted octanol–water partition coefficient (Wildman–Crippen LogP) is 7.43. The van der Waals surface area contributed by atoms with Gasteiger partial charge in [0.2, 0.25) is 11.8 Å². The maximum Gasteiger partial charge on any atom is 0.243 e. The number of hydrogen-bond acceptors (Lipinski definition) is 3. The number of hydrogen-bond donors (Lipinski definition) is 1. The lowest BCUT2D eigenvalue weighted by Crippen LogP contribution is -2.54. The van der Waals surface area contributed by atoms with Gasteiger partial charge in [-0.2, -0.15) is 0 Å². The highest BCUT2D eigenvalue weighted by Gasteiger charge is 2.32. The molecule has 0 spiro atoms. The molecule has 0 saturated carbocycles. The minimum Gasteiger partial charge on any atom is -0.350 e. The van der Waals surface area contributed by atoms with E-state index in [0.717, 1.165) is 16.7 Å². The summed E-state index contributed by atoms with van der Waals surface area (Å²) in [6, 6.07) is 21.9. The van der Waals surface area contributed by atoms with Crippen LogP contribution in [0.3, 0.4) is 0 Å². The Balaban J connectivity index is 1.88.